The summed E-state index contributed by atoms with van der Waals surface area (Å²) >= 11 is 5.89. The van der Waals surface area contributed by atoms with Crippen molar-refractivity contribution in [2.24, 2.45) is 0 Å². The molecule has 3 aromatic carbocycles. The summed E-state index contributed by atoms with van der Waals surface area (Å²) in [6.45, 7) is 0.515. The molecule has 1 N–H and O–H groups in total. The summed E-state index contributed by atoms with van der Waals surface area (Å²) in [6, 6.07) is 21.7. The number of methoxy groups -OCH3 is 1. The number of aromatic nitrogens is 1. The summed E-state index contributed by atoms with van der Waals surface area (Å²) in [4.78, 5) is 28.7. The van der Waals surface area contributed by atoms with Gasteiger partial charge < -0.3 is 14.8 Å². The second-order valence-corrected chi connectivity index (χ2v) is 7.71. The molecule has 0 aliphatic rings. The van der Waals surface area contributed by atoms with Gasteiger partial charge in [0.25, 0.3) is 5.91 Å². The Morgan fingerprint density at radius 2 is 1.64 bits per heavy atom. The van der Waals surface area contributed by atoms with E-state index in [-0.39, 0.29) is 5.91 Å². The number of nitrogens with zero attached hydrogens (tertiary/aromatic N) is 1. The van der Waals surface area contributed by atoms with Crippen molar-refractivity contribution in [3.05, 3.63) is 101 Å². The second kappa shape index (κ2) is 10.1. The Balaban J connectivity index is 1.42. The van der Waals surface area contributed by atoms with Crippen LogP contribution in [0.3, 0.4) is 0 Å². The molecule has 0 radical (unpaired) electrons. The SMILES string of the molecule is COC(=O)c1cnc(Oc2ccc(C(=O)NCCc3ccc(Cl)cc3)cc2)c2ccccc12. The highest BCUT2D eigenvalue weighted by Gasteiger charge is 2.15. The van der Waals surface area contributed by atoms with Crippen LogP contribution in [-0.2, 0) is 11.2 Å². The summed E-state index contributed by atoms with van der Waals surface area (Å²) < 4.78 is 10.8. The van der Waals surface area contributed by atoms with Crippen LogP contribution >= 0.6 is 11.6 Å². The van der Waals surface area contributed by atoms with Gasteiger partial charge in [0.05, 0.1) is 12.7 Å². The van der Waals surface area contributed by atoms with Crippen LogP contribution in [0.1, 0.15) is 26.3 Å². The molecular weight excluding hydrogens is 440 g/mol. The molecule has 166 valence electrons. The fraction of sp³-hybridized carbons (Fsp3) is 0.115. The molecule has 0 spiro atoms. The van der Waals surface area contributed by atoms with E-state index in [9.17, 15) is 9.59 Å². The Kier molecular flexibility index (Phi) is 6.86. The zero-order valence-corrected chi connectivity index (χ0v) is 18.6. The number of esters is 1. The summed E-state index contributed by atoms with van der Waals surface area (Å²) in [5.74, 6) is 0.257. The number of rotatable bonds is 7. The van der Waals surface area contributed by atoms with Crippen molar-refractivity contribution in [3.8, 4) is 11.6 Å². The molecule has 1 amide bonds. The predicted molar refractivity (Wildman–Crippen MR) is 127 cm³/mol. The van der Waals surface area contributed by atoms with Crippen LogP contribution in [0.25, 0.3) is 10.8 Å². The van der Waals surface area contributed by atoms with Gasteiger partial charge in [0.2, 0.25) is 5.88 Å². The normalized spacial score (nSPS) is 10.6. The summed E-state index contributed by atoms with van der Waals surface area (Å²) in [7, 11) is 1.33. The molecule has 4 rings (SSSR count). The number of fused-ring (bicyclic) bond motifs is 1. The number of ether oxygens (including phenoxy) is 2. The van der Waals surface area contributed by atoms with Crippen molar-refractivity contribution in [3.63, 3.8) is 0 Å². The molecule has 0 aliphatic carbocycles. The summed E-state index contributed by atoms with van der Waals surface area (Å²) in [6.07, 6.45) is 2.15. The Hall–Kier alpha value is -3.90. The first kappa shape index (κ1) is 22.3. The summed E-state index contributed by atoms with van der Waals surface area (Å²) in [5, 5.41) is 4.97. The molecule has 0 unspecified atom stereocenters. The lowest BCUT2D eigenvalue weighted by molar-refractivity contribution is 0.0602. The quantitative estimate of drug-likeness (QED) is 0.371. The molecule has 7 heteroatoms. The van der Waals surface area contributed by atoms with Gasteiger partial charge in [-0.1, -0.05) is 41.9 Å². The number of hydrogen-bond acceptors (Lipinski definition) is 5. The average Bonchev–Trinajstić information content (AvgIpc) is 2.85. The number of halogens is 1. The van der Waals surface area contributed by atoms with Gasteiger partial charge in [0.15, 0.2) is 0 Å². The number of carbonyl (C=O) groups is 2. The van der Waals surface area contributed by atoms with Crippen LogP contribution in [0.4, 0.5) is 0 Å². The summed E-state index contributed by atoms with van der Waals surface area (Å²) in [5.41, 5.74) is 1.99. The largest absolute Gasteiger partial charge is 0.465 e. The monoisotopic (exact) mass is 460 g/mol. The molecule has 4 aromatic rings. The van der Waals surface area contributed by atoms with Crippen molar-refractivity contribution in [1.29, 1.82) is 0 Å². The third-order valence-electron chi connectivity index (χ3n) is 5.11. The molecule has 0 bridgehead atoms. The zero-order valence-electron chi connectivity index (χ0n) is 17.9. The highest BCUT2D eigenvalue weighted by atomic mass is 35.5. The first-order valence-electron chi connectivity index (χ1n) is 10.3. The predicted octanol–water partition coefficient (Wildman–Crippen LogP) is 5.44. The van der Waals surface area contributed by atoms with Gasteiger partial charge in [-0.3, -0.25) is 4.79 Å². The van der Waals surface area contributed by atoms with E-state index in [1.165, 1.54) is 13.3 Å². The molecule has 0 fully saturated rings. The van der Waals surface area contributed by atoms with Crippen molar-refractivity contribution >= 4 is 34.2 Å². The zero-order chi connectivity index (χ0) is 23.2. The lowest BCUT2D eigenvalue weighted by atomic mass is 10.1. The number of carbonyl (C=O) groups excluding carboxylic acids is 2. The van der Waals surface area contributed by atoms with E-state index in [2.05, 4.69) is 10.3 Å². The van der Waals surface area contributed by atoms with Gasteiger partial charge in [0, 0.05) is 34.1 Å². The van der Waals surface area contributed by atoms with E-state index in [1.807, 2.05) is 48.5 Å². The third kappa shape index (κ3) is 5.30. The van der Waals surface area contributed by atoms with Crippen LogP contribution in [0.2, 0.25) is 5.02 Å². The van der Waals surface area contributed by atoms with Crippen molar-refractivity contribution in [1.82, 2.24) is 10.3 Å². The van der Waals surface area contributed by atoms with Crippen molar-refractivity contribution in [2.75, 3.05) is 13.7 Å². The Labute approximate surface area is 196 Å². The standard InChI is InChI=1S/C26H21ClN2O4/c1-32-26(31)23-16-29-25(22-5-3-2-4-21(22)23)33-20-12-8-18(9-13-20)24(30)28-15-14-17-6-10-19(27)11-7-17/h2-13,16H,14-15H2,1H3,(H,28,30). The Morgan fingerprint density at radius 3 is 2.33 bits per heavy atom. The van der Waals surface area contributed by atoms with Crippen LogP contribution in [0, 0.1) is 0 Å². The minimum atomic E-state index is -0.461. The maximum absolute atomic E-state index is 12.4. The van der Waals surface area contributed by atoms with Crippen LogP contribution in [0.15, 0.2) is 79.0 Å². The van der Waals surface area contributed by atoms with E-state index in [4.69, 9.17) is 21.1 Å². The Morgan fingerprint density at radius 1 is 0.939 bits per heavy atom. The van der Waals surface area contributed by atoms with Crippen molar-refractivity contribution in [2.45, 2.75) is 6.42 Å². The van der Waals surface area contributed by atoms with Gasteiger partial charge in [-0.15, -0.1) is 0 Å². The first-order valence-corrected chi connectivity index (χ1v) is 10.7. The lowest BCUT2D eigenvalue weighted by Crippen LogP contribution is -2.25. The van der Waals surface area contributed by atoms with Crippen molar-refractivity contribution < 1.29 is 19.1 Å². The van der Waals surface area contributed by atoms with Gasteiger partial charge in [-0.2, -0.15) is 0 Å². The highest BCUT2D eigenvalue weighted by Crippen LogP contribution is 2.30. The molecule has 0 atom stereocenters. The molecule has 1 heterocycles. The molecule has 6 nitrogen and oxygen atoms in total. The molecule has 0 saturated carbocycles. The third-order valence-corrected chi connectivity index (χ3v) is 5.36. The van der Waals surface area contributed by atoms with Gasteiger partial charge >= 0.3 is 5.97 Å². The molecule has 0 saturated heterocycles. The maximum atomic E-state index is 12.4. The minimum Gasteiger partial charge on any atom is -0.465 e. The van der Waals surface area contributed by atoms with Gasteiger partial charge in [-0.25, -0.2) is 9.78 Å². The molecule has 1 aromatic heterocycles. The minimum absolute atomic E-state index is 0.165. The van der Waals surface area contributed by atoms with Gasteiger partial charge in [-0.05, 0) is 54.4 Å². The highest BCUT2D eigenvalue weighted by molar-refractivity contribution is 6.30. The lowest BCUT2D eigenvalue weighted by Gasteiger charge is -2.11. The topological polar surface area (TPSA) is 77.5 Å². The number of nitrogens with one attached hydrogen (secondary N) is 1. The fourth-order valence-electron chi connectivity index (χ4n) is 3.38. The smallest absolute Gasteiger partial charge is 0.340 e. The first-order chi connectivity index (χ1) is 16.0. The molecule has 33 heavy (non-hydrogen) atoms. The van der Waals surface area contributed by atoms with E-state index in [0.717, 1.165) is 5.56 Å². The maximum Gasteiger partial charge on any atom is 0.340 e. The number of pyridine rings is 1. The fourth-order valence-corrected chi connectivity index (χ4v) is 3.51. The molecule has 0 aliphatic heterocycles. The van der Waals surface area contributed by atoms with Crippen LogP contribution < -0.4 is 10.1 Å². The number of hydrogen-bond donors (Lipinski definition) is 1. The van der Waals surface area contributed by atoms with E-state index >= 15 is 0 Å². The Bertz CT molecular complexity index is 1290. The second-order valence-electron chi connectivity index (χ2n) is 7.27. The van der Waals surface area contributed by atoms with Crippen LogP contribution in [0.5, 0.6) is 11.6 Å². The number of benzene rings is 3. The number of amides is 1. The van der Waals surface area contributed by atoms with Gasteiger partial charge in [0.1, 0.15) is 5.75 Å². The van der Waals surface area contributed by atoms with E-state index in [0.29, 0.717) is 51.5 Å². The average molecular weight is 461 g/mol. The van der Waals surface area contributed by atoms with Crippen LogP contribution in [-0.4, -0.2) is 30.5 Å². The van der Waals surface area contributed by atoms with E-state index in [1.54, 1.807) is 24.3 Å². The molecular formula is C26H21ClN2O4. The van der Waals surface area contributed by atoms with E-state index < -0.39 is 5.97 Å².